The summed E-state index contributed by atoms with van der Waals surface area (Å²) in [6, 6.07) is 6.43. The molecule has 16 heavy (non-hydrogen) atoms. The van der Waals surface area contributed by atoms with Crippen LogP contribution in [0.4, 0.5) is 0 Å². The van der Waals surface area contributed by atoms with Crippen LogP contribution in [0, 0.1) is 19.8 Å². The van der Waals surface area contributed by atoms with Crippen molar-refractivity contribution in [3.8, 4) is 0 Å². The molecule has 3 heteroatoms. The van der Waals surface area contributed by atoms with E-state index in [1.807, 2.05) is 0 Å². The van der Waals surface area contributed by atoms with Gasteiger partial charge in [-0.2, -0.15) is 0 Å². The fourth-order valence-corrected chi connectivity index (χ4v) is 2.25. The topological polar surface area (TPSA) is 30.8 Å². The van der Waals surface area contributed by atoms with Crippen LogP contribution >= 0.6 is 0 Å². The van der Waals surface area contributed by atoms with Crippen molar-refractivity contribution in [1.29, 1.82) is 0 Å². The Morgan fingerprint density at radius 3 is 2.88 bits per heavy atom. The third kappa shape index (κ3) is 1.43. The number of nitrogens with zero attached hydrogens (tertiary/aromatic N) is 1. The molecule has 2 unspecified atom stereocenters. The molecule has 0 spiro atoms. The van der Waals surface area contributed by atoms with Gasteiger partial charge in [0.2, 0.25) is 0 Å². The highest BCUT2D eigenvalue weighted by atomic mass is 16.7. The summed E-state index contributed by atoms with van der Waals surface area (Å²) in [6.45, 7) is 5.64. The minimum Gasteiger partial charge on any atom is -0.389 e. The van der Waals surface area contributed by atoms with Gasteiger partial charge in [-0.3, -0.25) is 0 Å². The zero-order valence-electron chi connectivity index (χ0n) is 9.56. The molecule has 2 aliphatic heterocycles. The van der Waals surface area contributed by atoms with Crippen LogP contribution in [0.1, 0.15) is 16.7 Å². The van der Waals surface area contributed by atoms with Crippen LogP contribution in [0.15, 0.2) is 23.4 Å². The molecule has 1 saturated heterocycles. The van der Waals surface area contributed by atoms with Gasteiger partial charge in [0.15, 0.2) is 6.10 Å². The van der Waals surface area contributed by atoms with Crippen molar-refractivity contribution in [3.05, 3.63) is 34.9 Å². The fraction of sp³-hybridized carbons (Fsp3) is 0.462. The first-order valence-electron chi connectivity index (χ1n) is 5.65. The van der Waals surface area contributed by atoms with E-state index in [0.29, 0.717) is 12.5 Å². The molecule has 0 aromatic heterocycles. The molecule has 0 amide bonds. The van der Waals surface area contributed by atoms with Gasteiger partial charge in [-0.15, -0.1) is 0 Å². The van der Waals surface area contributed by atoms with Crippen molar-refractivity contribution in [2.75, 3.05) is 13.2 Å². The van der Waals surface area contributed by atoms with Crippen LogP contribution in [0.2, 0.25) is 0 Å². The summed E-state index contributed by atoms with van der Waals surface area (Å²) in [5.74, 6) is 0.321. The Bertz CT molecular complexity index is 453. The molecule has 0 aliphatic carbocycles. The van der Waals surface area contributed by atoms with E-state index in [1.54, 1.807) is 0 Å². The maximum absolute atomic E-state index is 5.41. The monoisotopic (exact) mass is 217 g/mol. The lowest BCUT2D eigenvalue weighted by atomic mass is 9.93. The highest BCUT2D eigenvalue weighted by molar-refractivity contribution is 6.03. The van der Waals surface area contributed by atoms with Crippen LogP contribution < -0.4 is 0 Å². The van der Waals surface area contributed by atoms with Gasteiger partial charge in [-0.1, -0.05) is 17.3 Å². The first-order valence-corrected chi connectivity index (χ1v) is 5.65. The van der Waals surface area contributed by atoms with Crippen molar-refractivity contribution in [3.63, 3.8) is 0 Å². The molecule has 1 aromatic rings. The Morgan fingerprint density at radius 2 is 2.06 bits per heavy atom. The average Bonchev–Trinajstić information content (AvgIpc) is 2.83. The second-order valence-corrected chi connectivity index (χ2v) is 4.56. The molecule has 0 bridgehead atoms. The molecule has 2 atom stereocenters. The largest absolute Gasteiger partial charge is 0.389 e. The van der Waals surface area contributed by atoms with Gasteiger partial charge < -0.3 is 9.57 Å². The summed E-state index contributed by atoms with van der Waals surface area (Å²) in [6.07, 6.45) is 0.136. The van der Waals surface area contributed by atoms with E-state index in [-0.39, 0.29) is 6.10 Å². The third-order valence-electron chi connectivity index (χ3n) is 3.47. The zero-order valence-corrected chi connectivity index (χ0v) is 9.56. The predicted octanol–water partition coefficient (Wildman–Crippen LogP) is 2.05. The maximum atomic E-state index is 5.41. The van der Waals surface area contributed by atoms with Gasteiger partial charge in [0.25, 0.3) is 0 Å². The molecule has 3 nitrogen and oxygen atoms in total. The molecule has 0 radical (unpaired) electrons. The Morgan fingerprint density at radius 1 is 1.19 bits per heavy atom. The van der Waals surface area contributed by atoms with Crippen molar-refractivity contribution < 1.29 is 9.57 Å². The number of hydrogen-bond donors (Lipinski definition) is 0. The molecule has 1 fully saturated rings. The Kier molecular flexibility index (Phi) is 2.21. The SMILES string of the molecule is Cc1ccc(C2=NOC3COCC23)cc1C. The van der Waals surface area contributed by atoms with Crippen molar-refractivity contribution in [2.45, 2.75) is 20.0 Å². The molecule has 2 heterocycles. The average molecular weight is 217 g/mol. The standard InChI is InChI=1S/C13H15NO2/c1-8-3-4-10(5-9(8)2)13-11-6-15-7-12(11)16-14-13/h3-5,11-12H,6-7H2,1-2H3. The summed E-state index contributed by atoms with van der Waals surface area (Å²) < 4.78 is 5.41. The lowest BCUT2D eigenvalue weighted by Crippen LogP contribution is -2.21. The number of benzene rings is 1. The summed E-state index contributed by atoms with van der Waals surface area (Å²) in [4.78, 5) is 5.38. The third-order valence-corrected chi connectivity index (χ3v) is 3.47. The van der Waals surface area contributed by atoms with Crippen LogP contribution in [0.25, 0.3) is 0 Å². The summed E-state index contributed by atoms with van der Waals surface area (Å²) >= 11 is 0. The molecule has 0 saturated carbocycles. The Labute approximate surface area is 95.1 Å². The van der Waals surface area contributed by atoms with Crippen molar-refractivity contribution in [2.24, 2.45) is 11.1 Å². The number of ether oxygens (including phenoxy) is 1. The Balaban J connectivity index is 1.95. The first-order chi connectivity index (χ1) is 7.75. The van der Waals surface area contributed by atoms with Gasteiger partial charge in [-0.05, 0) is 31.0 Å². The first kappa shape index (κ1) is 9.85. The van der Waals surface area contributed by atoms with Gasteiger partial charge in [0, 0.05) is 5.56 Å². The Hall–Kier alpha value is -1.35. The van der Waals surface area contributed by atoms with Crippen LogP contribution in [0.3, 0.4) is 0 Å². The highest BCUT2D eigenvalue weighted by Gasteiger charge is 2.39. The molecule has 3 rings (SSSR count). The van der Waals surface area contributed by atoms with Crippen LogP contribution in [-0.4, -0.2) is 25.0 Å². The second kappa shape index (κ2) is 3.59. The predicted molar refractivity (Wildman–Crippen MR) is 61.6 cm³/mol. The number of aryl methyl sites for hydroxylation is 2. The summed E-state index contributed by atoms with van der Waals surface area (Å²) in [5, 5.41) is 4.20. The van der Waals surface area contributed by atoms with Crippen LogP contribution in [0.5, 0.6) is 0 Å². The van der Waals surface area contributed by atoms with Gasteiger partial charge in [0.1, 0.15) is 0 Å². The van der Waals surface area contributed by atoms with E-state index in [4.69, 9.17) is 9.57 Å². The number of hydrogen-bond acceptors (Lipinski definition) is 3. The minimum atomic E-state index is 0.136. The smallest absolute Gasteiger partial charge is 0.161 e. The molecular weight excluding hydrogens is 202 g/mol. The molecule has 0 N–H and O–H groups in total. The maximum Gasteiger partial charge on any atom is 0.161 e. The second-order valence-electron chi connectivity index (χ2n) is 4.56. The number of rotatable bonds is 1. The summed E-state index contributed by atoms with van der Waals surface area (Å²) in [7, 11) is 0. The number of fused-ring (bicyclic) bond motifs is 1. The van der Waals surface area contributed by atoms with Gasteiger partial charge in [-0.25, -0.2) is 0 Å². The molecule has 84 valence electrons. The fourth-order valence-electron chi connectivity index (χ4n) is 2.25. The van der Waals surface area contributed by atoms with E-state index >= 15 is 0 Å². The molecule has 1 aromatic carbocycles. The summed E-state index contributed by atoms with van der Waals surface area (Å²) in [5.41, 5.74) is 4.82. The van der Waals surface area contributed by atoms with E-state index in [2.05, 4.69) is 37.2 Å². The lowest BCUT2D eigenvalue weighted by molar-refractivity contribution is 0.0558. The van der Waals surface area contributed by atoms with Gasteiger partial charge in [0.05, 0.1) is 24.8 Å². The van der Waals surface area contributed by atoms with Crippen LogP contribution in [-0.2, 0) is 9.57 Å². The van der Waals surface area contributed by atoms with E-state index < -0.39 is 0 Å². The number of oxime groups is 1. The molecule has 2 aliphatic rings. The highest BCUT2D eigenvalue weighted by Crippen LogP contribution is 2.28. The normalized spacial score (nSPS) is 27.5. The van der Waals surface area contributed by atoms with Crippen molar-refractivity contribution in [1.82, 2.24) is 0 Å². The van der Waals surface area contributed by atoms with Crippen molar-refractivity contribution >= 4 is 5.71 Å². The minimum absolute atomic E-state index is 0.136. The van der Waals surface area contributed by atoms with E-state index in [1.165, 1.54) is 16.7 Å². The quantitative estimate of drug-likeness (QED) is 0.720. The lowest BCUT2D eigenvalue weighted by Gasteiger charge is -2.08. The zero-order chi connectivity index (χ0) is 11.1. The van der Waals surface area contributed by atoms with E-state index in [9.17, 15) is 0 Å². The molecular formula is C13H15NO2. The van der Waals surface area contributed by atoms with E-state index in [0.717, 1.165) is 12.3 Å². The van der Waals surface area contributed by atoms with Gasteiger partial charge >= 0.3 is 0 Å².